The lowest BCUT2D eigenvalue weighted by molar-refractivity contribution is 0.120. The summed E-state index contributed by atoms with van der Waals surface area (Å²) in [5.74, 6) is 2.46. The highest BCUT2D eigenvalue weighted by molar-refractivity contribution is 5.64. The van der Waals surface area contributed by atoms with Crippen molar-refractivity contribution < 1.29 is 14.2 Å². The lowest BCUT2D eigenvalue weighted by Crippen LogP contribution is -2.05. The first-order valence-corrected chi connectivity index (χ1v) is 7.99. The van der Waals surface area contributed by atoms with Crippen molar-refractivity contribution in [3.63, 3.8) is 0 Å². The third-order valence-corrected chi connectivity index (χ3v) is 3.55. The van der Waals surface area contributed by atoms with Crippen molar-refractivity contribution >= 4 is 0 Å². The first-order chi connectivity index (χ1) is 11.8. The number of para-hydroxylation sites is 1. The van der Waals surface area contributed by atoms with Gasteiger partial charge >= 0.3 is 0 Å². The molecule has 0 radical (unpaired) electrons. The van der Waals surface area contributed by atoms with Crippen LogP contribution in [-0.4, -0.2) is 13.4 Å². The first-order valence-electron chi connectivity index (χ1n) is 7.99. The molecular weight excluding hydrogens is 300 g/mol. The van der Waals surface area contributed by atoms with Crippen LogP contribution in [0.3, 0.4) is 0 Å². The van der Waals surface area contributed by atoms with Crippen molar-refractivity contribution in [3.8, 4) is 28.4 Å². The average Bonchev–Trinajstić information content (AvgIpc) is 2.64. The molecule has 0 bridgehead atoms. The van der Waals surface area contributed by atoms with Gasteiger partial charge in [-0.3, -0.25) is 0 Å². The van der Waals surface area contributed by atoms with Crippen molar-refractivity contribution in [3.05, 3.63) is 78.9 Å². The molecule has 3 aromatic carbocycles. The molecule has 0 heterocycles. The van der Waals surface area contributed by atoms with Crippen LogP contribution in [-0.2, 0) is 0 Å². The molecule has 0 N–H and O–H groups in total. The molecule has 0 saturated carbocycles. The van der Waals surface area contributed by atoms with Crippen LogP contribution in [0, 0.1) is 0 Å². The molecule has 0 aliphatic heterocycles. The second-order valence-electron chi connectivity index (χ2n) is 5.20. The van der Waals surface area contributed by atoms with Gasteiger partial charge in [-0.15, -0.1) is 0 Å². The molecule has 24 heavy (non-hydrogen) atoms. The van der Waals surface area contributed by atoms with E-state index in [1.165, 1.54) is 0 Å². The summed E-state index contributed by atoms with van der Waals surface area (Å²) in [5.41, 5.74) is 2.28. The molecule has 0 atom stereocenters. The van der Waals surface area contributed by atoms with E-state index < -0.39 is 0 Å². The van der Waals surface area contributed by atoms with Gasteiger partial charge in [0, 0.05) is 0 Å². The summed E-state index contributed by atoms with van der Waals surface area (Å²) in [7, 11) is 0. The molecule has 0 amide bonds. The summed E-state index contributed by atoms with van der Waals surface area (Å²) in [4.78, 5) is 0. The number of benzene rings is 3. The highest BCUT2D eigenvalue weighted by Gasteiger charge is 2.00. The van der Waals surface area contributed by atoms with Crippen LogP contribution in [0.15, 0.2) is 78.9 Å². The molecule has 0 fully saturated rings. The Morgan fingerprint density at radius 3 is 1.50 bits per heavy atom. The van der Waals surface area contributed by atoms with Gasteiger partial charge in [0.05, 0.1) is 6.61 Å². The maximum Gasteiger partial charge on any atom is 0.230 e. The van der Waals surface area contributed by atoms with Crippen LogP contribution in [0.5, 0.6) is 17.2 Å². The molecule has 122 valence electrons. The van der Waals surface area contributed by atoms with Gasteiger partial charge < -0.3 is 14.2 Å². The molecule has 3 heteroatoms. The molecule has 3 rings (SSSR count). The zero-order chi connectivity index (χ0) is 16.6. The van der Waals surface area contributed by atoms with Crippen LogP contribution in [0.4, 0.5) is 0 Å². The minimum atomic E-state index is 0.187. The number of hydrogen-bond acceptors (Lipinski definition) is 3. The highest BCUT2D eigenvalue weighted by Crippen LogP contribution is 2.24. The minimum absolute atomic E-state index is 0.187. The molecular formula is C21H20O3. The fourth-order valence-electron chi connectivity index (χ4n) is 2.34. The minimum Gasteiger partial charge on any atom is -0.494 e. The van der Waals surface area contributed by atoms with Gasteiger partial charge in [-0.05, 0) is 54.4 Å². The first kappa shape index (κ1) is 15.9. The zero-order valence-electron chi connectivity index (χ0n) is 13.6. The summed E-state index contributed by atoms with van der Waals surface area (Å²) in [6.07, 6.45) is 0. The molecule has 0 aliphatic carbocycles. The second kappa shape index (κ2) is 8.06. The maximum atomic E-state index is 5.61. The summed E-state index contributed by atoms with van der Waals surface area (Å²) in [6.45, 7) is 2.84. The number of hydrogen-bond donors (Lipinski definition) is 0. The van der Waals surface area contributed by atoms with Crippen molar-refractivity contribution in [2.24, 2.45) is 0 Å². The van der Waals surface area contributed by atoms with Gasteiger partial charge in [0.2, 0.25) is 6.79 Å². The van der Waals surface area contributed by atoms with E-state index in [0.717, 1.165) is 28.4 Å². The molecule has 3 nitrogen and oxygen atoms in total. The standard InChI is InChI=1S/C21H20O3/c1-2-22-20-12-8-17(9-13-20)18-10-14-21(15-11-18)24-16-23-19-6-4-3-5-7-19/h3-15H,2,16H2,1H3. The zero-order valence-corrected chi connectivity index (χ0v) is 13.6. The van der Waals surface area contributed by atoms with E-state index in [4.69, 9.17) is 14.2 Å². The lowest BCUT2D eigenvalue weighted by Gasteiger charge is -2.09. The van der Waals surface area contributed by atoms with Gasteiger partial charge in [-0.1, -0.05) is 42.5 Å². The third kappa shape index (κ3) is 4.29. The van der Waals surface area contributed by atoms with Gasteiger partial charge in [0.25, 0.3) is 0 Å². The fourth-order valence-corrected chi connectivity index (χ4v) is 2.34. The van der Waals surface area contributed by atoms with Crippen molar-refractivity contribution in [2.45, 2.75) is 6.92 Å². The van der Waals surface area contributed by atoms with E-state index in [9.17, 15) is 0 Å². The van der Waals surface area contributed by atoms with Gasteiger partial charge in [-0.2, -0.15) is 0 Å². The Morgan fingerprint density at radius 2 is 1.00 bits per heavy atom. The van der Waals surface area contributed by atoms with E-state index in [-0.39, 0.29) is 6.79 Å². The van der Waals surface area contributed by atoms with Crippen LogP contribution < -0.4 is 14.2 Å². The quantitative estimate of drug-likeness (QED) is 0.562. The normalized spacial score (nSPS) is 10.2. The Morgan fingerprint density at radius 1 is 0.542 bits per heavy atom. The Balaban J connectivity index is 1.56. The van der Waals surface area contributed by atoms with E-state index in [2.05, 4.69) is 12.1 Å². The van der Waals surface area contributed by atoms with Gasteiger partial charge in [-0.25, -0.2) is 0 Å². The molecule has 0 spiro atoms. The Bertz CT molecular complexity index is 734. The van der Waals surface area contributed by atoms with E-state index in [1.54, 1.807) is 0 Å². The summed E-state index contributed by atoms with van der Waals surface area (Å²) in [5, 5.41) is 0. The monoisotopic (exact) mass is 320 g/mol. The SMILES string of the molecule is CCOc1ccc(-c2ccc(OCOc3ccccc3)cc2)cc1. The summed E-state index contributed by atoms with van der Waals surface area (Å²) in [6, 6.07) is 25.7. The largest absolute Gasteiger partial charge is 0.494 e. The molecule has 0 aliphatic rings. The summed E-state index contributed by atoms with van der Waals surface area (Å²) >= 11 is 0. The molecule has 0 aromatic heterocycles. The Kier molecular flexibility index (Phi) is 5.36. The maximum absolute atomic E-state index is 5.61. The van der Waals surface area contributed by atoms with E-state index in [0.29, 0.717) is 6.61 Å². The topological polar surface area (TPSA) is 27.7 Å². The van der Waals surface area contributed by atoms with E-state index in [1.807, 2.05) is 73.7 Å². The number of rotatable bonds is 7. The molecule has 0 unspecified atom stereocenters. The number of ether oxygens (including phenoxy) is 3. The second-order valence-corrected chi connectivity index (χ2v) is 5.20. The van der Waals surface area contributed by atoms with Crippen LogP contribution >= 0.6 is 0 Å². The fraction of sp³-hybridized carbons (Fsp3) is 0.143. The third-order valence-electron chi connectivity index (χ3n) is 3.55. The predicted molar refractivity (Wildman–Crippen MR) is 95.6 cm³/mol. The van der Waals surface area contributed by atoms with Gasteiger partial charge in [0.15, 0.2) is 0 Å². The predicted octanol–water partition coefficient (Wildman–Crippen LogP) is 5.17. The summed E-state index contributed by atoms with van der Waals surface area (Å²) < 4.78 is 16.6. The Labute approximate surface area is 142 Å². The van der Waals surface area contributed by atoms with Crippen LogP contribution in [0.1, 0.15) is 6.92 Å². The average molecular weight is 320 g/mol. The molecule has 0 saturated heterocycles. The lowest BCUT2D eigenvalue weighted by atomic mass is 10.1. The van der Waals surface area contributed by atoms with E-state index >= 15 is 0 Å². The Hall–Kier alpha value is -2.94. The van der Waals surface area contributed by atoms with Crippen LogP contribution in [0.25, 0.3) is 11.1 Å². The van der Waals surface area contributed by atoms with Crippen molar-refractivity contribution in [2.75, 3.05) is 13.4 Å². The van der Waals surface area contributed by atoms with Crippen LogP contribution in [0.2, 0.25) is 0 Å². The highest BCUT2D eigenvalue weighted by atomic mass is 16.7. The molecule has 3 aromatic rings. The van der Waals surface area contributed by atoms with Gasteiger partial charge in [0.1, 0.15) is 17.2 Å². The van der Waals surface area contributed by atoms with Crippen molar-refractivity contribution in [1.29, 1.82) is 0 Å². The van der Waals surface area contributed by atoms with Crippen molar-refractivity contribution in [1.82, 2.24) is 0 Å². The smallest absolute Gasteiger partial charge is 0.230 e.